The molecule has 10 heteroatoms. The fourth-order valence-corrected chi connectivity index (χ4v) is 5.17. The maximum atomic E-state index is 13.6. The first kappa shape index (κ1) is 26.8. The Balaban J connectivity index is 1.89. The second kappa shape index (κ2) is 11.8. The fraction of sp³-hybridized carbons (Fsp3) is 0.440. The Morgan fingerprint density at radius 1 is 1.11 bits per heavy atom. The van der Waals surface area contributed by atoms with Crippen LogP contribution in [0.4, 0.5) is 5.69 Å². The van der Waals surface area contributed by atoms with Crippen LogP contribution in [0.25, 0.3) is 0 Å². The smallest absolute Gasteiger partial charge is 0.244 e. The molecule has 190 valence electrons. The number of para-hydroxylation sites is 2. The molecular weight excluding hydrogens is 490 g/mol. The van der Waals surface area contributed by atoms with E-state index in [9.17, 15) is 18.0 Å². The van der Waals surface area contributed by atoms with Crippen LogP contribution in [-0.2, 0) is 26.2 Å². The summed E-state index contributed by atoms with van der Waals surface area (Å²) in [6.45, 7) is 1.30. The topological polar surface area (TPSA) is 96.0 Å². The Bertz CT molecular complexity index is 1130. The predicted octanol–water partition coefficient (Wildman–Crippen LogP) is 3.59. The zero-order chi connectivity index (χ0) is 25.6. The van der Waals surface area contributed by atoms with Gasteiger partial charge in [0.25, 0.3) is 0 Å². The maximum absolute atomic E-state index is 13.6. The molecule has 1 fully saturated rings. The van der Waals surface area contributed by atoms with E-state index in [1.54, 1.807) is 55.5 Å². The number of nitrogens with one attached hydrogen (secondary N) is 1. The van der Waals surface area contributed by atoms with Crippen molar-refractivity contribution in [1.29, 1.82) is 0 Å². The first-order valence-electron chi connectivity index (χ1n) is 11.5. The third kappa shape index (κ3) is 7.11. The second-order valence-electron chi connectivity index (χ2n) is 8.76. The Labute approximate surface area is 212 Å². The van der Waals surface area contributed by atoms with Crippen LogP contribution in [0.2, 0.25) is 5.02 Å². The van der Waals surface area contributed by atoms with Crippen LogP contribution >= 0.6 is 11.6 Å². The van der Waals surface area contributed by atoms with Gasteiger partial charge in [-0.15, -0.1) is 0 Å². The predicted molar refractivity (Wildman–Crippen MR) is 137 cm³/mol. The minimum atomic E-state index is -3.83. The maximum Gasteiger partial charge on any atom is 0.244 e. The number of methoxy groups -OCH3 is 1. The summed E-state index contributed by atoms with van der Waals surface area (Å²) in [6, 6.07) is 12.8. The Morgan fingerprint density at radius 2 is 1.74 bits per heavy atom. The molecule has 0 radical (unpaired) electrons. The first-order chi connectivity index (χ1) is 16.6. The minimum absolute atomic E-state index is 0.0959. The van der Waals surface area contributed by atoms with E-state index in [1.165, 1.54) is 12.0 Å². The van der Waals surface area contributed by atoms with E-state index in [4.69, 9.17) is 16.3 Å². The second-order valence-corrected chi connectivity index (χ2v) is 11.1. The molecule has 2 amide bonds. The summed E-state index contributed by atoms with van der Waals surface area (Å²) >= 11 is 6.00. The van der Waals surface area contributed by atoms with Crippen LogP contribution in [0.15, 0.2) is 48.5 Å². The molecule has 2 aromatic rings. The third-order valence-corrected chi connectivity index (χ3v) is 7.55. The number of amides is 2. The molecule has 1 aliphatic rings. The van der Waals surface area contributed by atoms with Crippen molar-refractivity contribution in [3.05, 3.63) is 59.1 Å². The molecular formula is C25H32ClN3O5S. The van der Waals surface area contributed by atoms with Gasteiger partial charge in [-0.05, 0) is 49.6 Å². The molecule has 1 atom stereocenters. The molecule has 35 heavy (non-hydrogen) atoms. The third-order valence-electron chi connectivity index (χ3n) is 6.17. The zero-order valence-corrected chi connectivity index (χ0v) is 21.8. The molecule has 0 heterocycles. The number of sulfonamides is 1. The molecule has 3 rings (SSSR count). The van der Waals surface area contributed by atoms with Crippen molar-refractivity contribution in [1.82, 2.24) is 10.2 Å². The molecule has 1 N–H and O–H groups in total. The van der Waals surface area contributed by atoms with Crippen LogP contribution in [0.1, 0.15) is 38.2 Å². The summed E-state index contributed by atoms with van der Waals surface area (Å²) in [5.41, 5.74) is 1.02. The number of rotatable bonds is 10. The normalized spacial score (nSPS) is 14.9. The highest BCUT2D eigenvalue weighted by atomic mass is 35.5. The summed E-state index contributed by atoms with van der Waals surface area (Å²) in [5, 5.41) is 3.59. The van der Waals surface area contributed by atoms with Gasteiger partial charge in [0.1, 0.15) is 18.3 Å². The number of hydrogen-bond donors (Lipinski definition) is 1. The summed E-state index contributed by atoms with van der Waals surface area (Å²) in [7, 11) is -2.40. The molecule has 1 saturated carbocycles. The Morgan fingerprint density at radius 3 is 2.34 bits per heavy atom. The first-order valence-corrected chi connectivity index (χ1v) is 13.8. The SMILES string of the molecule is COc1ccccc1N(CC(=O)N(Cc1ccc(Cl)cc1)C(C)C(=O)NC1CCCC1)S(C)(=O)=O. The summed E-state index contributed by atoms with van der Waals surface area (Å²) in [4.78, 5) is 28.1. The van der Waals surface area contributed by atoms with Gasteiger partial charge in [0.05, 0.1) is 19.1 Å². The summed E-state index contributed by atoms with van der Waals surface area (Å²) in [6.07, 6.45) is 4.99. The van der Waals surface area contributed by atoms with E-state index >= 15 is 0 Å². The fourth-order valence-electron chi connectivity index (χ4n) is 4.19. The number of benzene rings is 2. The van der Waals surface area contributed by atoms with Crippen molar-refractivity contribution >= 4 is 39.1 Å². The van der Waals surface area contributed by atoms with Crippen LogP contribution < -0.4 is 14.4 Å². The molecule has 1 aliphatic carbocycles. The number of nitrogens with zero attached hydrogens (tertiary/aromatic N) is 2. The molecule has 0 aliphatic heterocycles. The van der Waals surface area contributed by atoms with E-state index in [0.717, 1.165) is 41.8 Å². The van der Waals surface area contributed by atoms with Crippen LogP contribution in [0, 0.1) is 0 Å². The molecule has 0 saturated heterocycles. The molecule has 8 nitrogen and oxygen atoms in total. The van der Waals surface area contributed by atoms with Gasteiger partial charge in [-0.3, -0.25) is 13.9 Å². The van der Waals surface area contributed by atoms with E-state index in [2.05, 4.69) is 5.32 Å². The quantitative estimate of drug-likeness (QED) is 0.515. The standard InChI is InChI=1S/C25H32ClN3O5S/c1-18(25(31)27-21-8-4-5-9-21)28(16-19-12-14-20(26)15-13-19)24(30)17-29(35(3,32)33)22-10-6-7-11-23(22)34-2/h6-7,10-15,18,21H,4-5,8-9,16-17H2,1-3H3,(H,27,31). The van der Waals surface area contributed by atoms with Crippen molar-refractivity contribution in [2.45, 2.75) is 51.2 Å². The molecule has 0 spiro atoms. The zero-order valence-electron chi connectivity index (χ0n) is 20.2. The lowest BCUT2D eigenvalue weighted by Gasteiger charge is -2.32. The summed E-state index contributed by atoms with van der Waals surface area (Å²) in [5.74, 6) is -0.449. The van der Waals surface area contributed by atoms with Gasteiger partial charge in [0.2, 0.25) is 21.8 Å². The van der Waals surface area contributed by atoms with E-state index < -0.39 is 28.5 Å². The average molecular weight is 522 g/mol. The summed E-state index contributed by atoms with van der Waals surface area (Å²) < 4.78 is 31.7. The highest BCUT2D eigenvalue weighted by molar-refractivity contribution is 7.92. The largest absolute Gasteiger partial charge is 0.495 e. The highest BCUT2D eigenvalue weighted by Crippen LogP contribution is 2.29. The number of carbonyl (C=O) groups excluding carboxylic acids is 2. The van der Waals surface area contributed by atoms with Gasteiger partial charge >= 0.3 is 0 Å². The number of ether oxygens (including phenoxy) is 1. The van der Waals surface area contributed by atoms with Gasteiger partial charge in [0, 0.05) is 17.6 Å². The monoisotopic (exact) mass is 521 g/mol. The van der Waals surface area contributed by atoms with Gasteiger partial charge in [-0.2, -0.15) is 0 Å². The Hall–Kier alpha value is -2.78. The van der Waals surface area contributed by atoms with E-state index in [0.29, 0.717) is 10.8 Å². The van der Waals surface area contributed by atoms with Gasteiger partial charge in [-0.1, -0.05) is 48.7 Å². The number of halogens is 1. The lowest BCUT2D eigenvalue weighted by atomic mass is 10.1. The number of hydrogen-bond acceptors (Lipinski definition) is 5. The van der Waals surface area contributed by atoms with Crippen LogP contribution in [0.3, 0.4) is 0 Å². The number of anilines is 1. The van der Waals surface area contributed by atoms with Crippen molar-refractivity contribution in [3.63, 3.8) is 0 Å². The average Bonchev–Trinajstić information content (AvgIpc) is 3.34. The molecule has 2 aromatic carbocycles. The van der Waals surface area contributed by atoms with Crippen LogP contribution in [0.5, 0.6) is 5.75 Å². The van der Waals surface area contributed by atoms with Crippen LogP contribution in [-0.4, -0.2) is 57.1 Å². The minimum Gasteiger partial charge on any atom is -0.495 e. The number of carbonyl (C=O) groups is 2. The van der Waals surface area contributed by atoms with Crippen molar-refractivity contribution in [3.8, 4) is 5.75 Å². The molecule has 0 bridgehead atoms. The lowest BCUT2D eigenvalue weighted by molar-refractivity contribution is -0.139. The van der Waals surface area contributed by atoms with Crippen molar-refractivity contribution < 1.29 is 22.7 Å². The van der Waals surface area contributed by atoms with E-state index in [1.807, 2.05) is 0 Å². The highest BCUT2D eigenvalue weighted by Gasteiger charge is 2.32. The molecule has 0 aromatic heterocycles. The lowest BCUT2D eigenvalue weighted by Crippen LogP contribution is -2.52. The van der Waals surface area contributed by atoms with Crippen molar-refractivity contribution in [2.24, 2.45) is 0 Å². The van der Waals surface area contributed by atoms with Gasteiger partial charge < -0.3 is 15.0 Å². The van der Waals surface area contributed by atoms with Crippen molar-refractivity contribution in [2.75, 3.05) is 24.2 Å². The van der Waals surface area contributed by atoms with Gasteiger partial charge in [-0.25, -0.2) is 8.42 Å². The van der Waals surface area contributed by atoms with E-state index in [-0.39, 0.29) is 24.2 Å². The Kier molecular flexibility index (Phi) is 9.02. The van der Waals surface area contributed by atoms with Gasteiger partial charge in [0.15, 0.2) is 0 Å². The molecule has 1 unspecified atom stereocenters.